The Morgan fingerprint density at radius 2 is 1.94 bits per heavy atom. The van der Waals surface area contributed by atoms with Crippen molar-refractivity contribution in [3.63, 3.8) is 0 Å². The maximum Gasteiger partial charge on any atom is 0.154 e. The van der Waals surface area contributed by atoms with Crippen molar-refractivity contribution in [3.05, 3.63) is 28.8 Å². The van der Waals surface area contributed by atoms with Crippen LogP contribution in [0, 0.1) is 13.8 Å². The predicted molar refractivity (Wildman–Crippen MR) is 69.5 cm³/mol. The fourth-order valence-electron chi connectivity index (χ4n) is 2.34. The van der Waals surface area contributed by atoms with Crippen LogP contribution >= 0.6 is 0 Å². The molecule has 0 saturated carbocycles. The molecule has 4 nitrogen and oxygen atoms in total. The van der Waals surface area contributed by atoms with Crippen molar-refractivity contribution in [3.8, 4) is 5.75 Å². The van der Waals surface area contributed by atoms with Gasteiger partial charge in [-0.2, -0.15) is 0 Å². The van der Waals surface area contributed by atoms with Crippen LogP contribution in [0.2, 0.25) is 0 Å². The van der Waals surface area contributed by atoms with Crippen LogP contribution in [0.25, 0.3) is 0 Å². The third-order valence-electron chi connectivity index (χ3n) is 3.18. The number of aliphatic hydroxyl groups is 1. The fourth-order valence-corrected chi connectivity index (χ4v) is 3.93. The molecule has 1 aliphatic rings. The van der Waals surface area contributed by atoms with Gasteiger partial charge in [0.25, 0.3) is 0 Å². The molecule has 0 radical (unpaired) electrons. The third kappa shape index (κ3) is 2.84. The lowest BCUT2D eigenvalue weighted by Gasteiger charge is -2.17. The Labute approximate surface area is 108 Å². The molecular weight excluding hydrogens is 252 g/mol. The van der Waals surface area contributed by atoms with Crippen molar-refractivity contribution in [2.45, 2.75) is 33.0 Å². The highest BCUT2D eigenvalue weighted by Crippen LogP contribution is 2.28. The first-order valence-electron chi connectivity index (χ1n) is 5.99. The topological polar surface area (TPSA) is 63.6 Å². The second-order valence-corrected chi connectivity index (χ2v) is 7.09. The zero-order valence-electron chi connectivity index (χ0n) is 10.6. The number of ether oxygens (including phenoxy) is 1. The van der Waals surface area contributed by atoms with Gasteiger partial charge in [-0.25, -0.2) is 8.42 Å². The fraction of sp³-hybridized carbons (Fsp3) is 0.538. The Hall–Kier alpha value is -1.07. The van der Waals surface area contributed by atoms with Gasteiger partial charge < -0.3 is 9.84 Å². The smallest absolute Gasteiger partial charge is 0.154 e. The Balaban J connectivity index is 2.20. The number of aliphatic hydroxyl groups excluding tert-OH is 1. The van der Waals surface area contributed by atoms with Crippen molar-refractivity contribution in [1.29, 1.82) is 0 Å². The lowest BCUT2D eigenvalue weighted by Crippen LogP contribution is -2.18. The van der Waals surface area contributed by atoms with Gasteiger partial charge in [0.2, 0.25) is 0 Å². The van der Waals surface area contributed by atoms with E-state index in [-0.39, 0.29) is 24.2 Å². The number of hydrogen-bond acceptors (Lipinski definition) is 4. The average molecular weight is 270 g/mol. The molecule has 5 heteroatoms. The Morgan fingerprint density at radius 3 is 2.39 bits per heavy atom. The van der Waals surface area contributed by atoms with Crippen LogP contribution < -0.4 is 4.74 Å². The monoisotopic (exact) mass is 270 g/mol. The first-order chi connectivity index (χ1) is 8.41. The number of aryl methyl sites for hydroxylation is 2. The molecule has 18 heavy (non-hydrogen) atoms. The van der Waals surface area contributed by atoms with E-state index in [2.05, 4.69) is 0 Å². The van der Waals surface area contributed by atoms with Gasteiger partial charge in [0.15, 0.2) is 9.84 Å². The number of hydrogen-bond donors (Lipinski definition) is 1. The van der Waals surface area contributed by atoms with E-state index in [0.29, 0.717) is 6.42 Å². The van der Waals surface area contributed by atoms with Gasteiger partial charge in [-0.1, -0.05) is 12.1 Å². The molecule has 1 saturated heterocycles. The summed E-state index contributed by atoms with van der Waals surface area (Å²) in [7, 11) is -2.92. The SMILES string of the molecule is Cc1cc(CO)cc(C)c1OC1CCS(=O)(=O)C1. The van der Waals surface area contributed by atoms with E-state index in [1.165, 1.54) is 0 Å². The normalized spacial score (nSPS) is 22.1. The first kappa shape index (κ1) is 13.4. The molecule has 1 N–H and O–H groups in total. The van der Waals surface area contributed by atoms with Crippen LogP contribution in [0.5, 0.6) is 5.75 Å². The second kappa shape index (κ2) is 4.90. The third-order valence-corrected chi connectivity index (χ3v) is 4.92. The lowest BCUT2D eigenvalue weighted by molar-refractivity contribution is 0.225. The minimum absolute atomic E-state index is 0.000230. The number of benzene rings is 1. The second-order valence-electron chi connectivity index (χ2n) is 4.86. The summed E-state index contributed by atoms with van der Waals surface area (Å²) in [6, 6.07) is 3.73. The van der Waals surface area contributed by atoms with E-state index >= 15 is 0 Å². The summed E-state index contributed by atoms with van der Waals surface area (Å²) in [5.74, 6) is 1.06. The molecule has 1 aromatic rings. The molecule has 1 unspecified atom stereocenters. The maximum absolute atomic E-state index is 11.4. The zero-order valence-corrected chi connectivity index (χ0v) is 11.5. The van der Waals surface area contributed by atoms with Crippen molar-refractivity contribution >= 4 is 9.84 Å². The summed E-state index contributed by atoms with van der Waals surface area (Å²) in [4.78, 5) is 0. The molecule has 1 aliphatic heterocycles. The van der Waals surface area contributed by atoms with Crippen LogP contribution in [0.4, 0.5) is 0 Å². The summed E-state index contributed by atoms with van der Waals surface area (Å²) in [6.07, 6.45) is 0.315. The molecule has 0 amide bonds. The molecule has 2 rings (SSSR count). The maximum atomic E-state index is 11.4. The highest BCUT2D eigenvalue weighted by atomic mass is 32.2. The molecule has 0 bridgehead atoms. The molecule has 0 spiro atoms. The van der Waals surface area contributed by atoms with Gasteiger partial charge in [0, 0.05) is 0 Å². The van der Waals surface area contributed by atoms with E-state index in [4.69, 9.17) is 9.84 Å². The van der Waals surface area contributed by atoms with Gasteiger partial charge in [-0.15, -0.1) is 0 Å². The van der Waals surface area contributed by atoms with Gasteiger partial charge in [0.1, 0.15) is 11.9 Å². The van der Waals surface area contributed by atoms with Crippen molar-refractivity contribution in [1.82, 2.24) is 0 Å². The van der Waals surface area contributed by atoms with E-state index in [0.717, 1.165) is 22.4 Å². The lowest BCUT2D eigenvalue weighted by atomic mass is 10.1. The summed E-state index contributed by atoms with van der Waals surface area (Å²) < 4.78 is 28.6. The van der Waals surface area contributed by atoms with E-state index in [1.807, 2.05) is 26.0 Å². The summed E-state index contributed by atoms with van der Waals surface area (Å²) in [5.41, 5.74) is 2.71. The molecule has 1 heterocycles. The molecule has 0 aliphatic carbocycles. The molecule has 1 atom stereocenters. The van der Waals surface area contributed by atoms with Gasteiger partial charge in [0.05, 0.1) is 18.1 Å². The molecule has 0 aromatic heterocycles. The van der Waals surface area contributed by atoms with Crippen molar-refractivity contribution < 1.29 is 18.3 Å². The van der Waals surface area contributed by atoms with Gasteiger partial charge in [-0.05, 0) is 37.0 Å². The van der Waals surface area contributed by atoms with Crippen LogP contribution in [0.3, 0.4) is 0 Å². The molecular formula is C13H18O4S. The van der Waals surface area contributed by atoms with Crippen LogP contribution in [-0.2, 0) is 16.4 Å². The molecule has 1 aromatic carbocycles. The van der Waals surface area contributed by atoms with E-state index < -0.39 is 9.84 Å². The minimum atomic E-state index is -2.92. The summed E-state index contributed by atoms with van der Waals surface area (Å²) in [6.45, 7) is 3.82. The number of rotatable bonds is 3. The van der Waals surface area contributed by atoms with E-state index in [1.54, 1.807) is 0 Å². The van der Waals surface area contributed by atoms with E-state index in [9.17, 15) is 8.42 Å². The molecule has 100 valence electrons. The molecule has 1 fully saturated rings. The van der Waals surface area contributed by atoms with Gasteiger partial charge >= 0.3 is 0 Å². The summed E-state index contributed by atoms with van der Waals surface area (Å²) in [5, 5.41) is 9.11. The van der Waals surface area contributed by atoms with Crippen LogP contribution in [0.15, 0.2) is 12.1 Å². The minimum Gasteiger partial charge on any atom is -0.489 e. The first-order valence-corrected chi connectivity index (χ1v) is 7.81. The van der Waals surface area contributed by atoms with Crippen LogP contribution in [-0.4, -0.2) is 31.1 Å². The number of sulfone groups is 1. The standard InChI is InChI=1S/C13H18O4S/c1-9-5-11(7-14)6-10(2)13(9)17-12-3-4-18(15,16)8-12/h5-6,12,14H,3-4,7-8H2,1-2H3. The Kier molecular flexibility index (Phi) is 3.64. The Morgan fingerprint density at radius 1 is 1.33 bits per heavy atom. The average Bonchev–Trinajstić information content (AvgIpc) is 2.63. The highest BCUT2D eigenvalue weighted by Gasteiger charge is 2.30. The van der Waals surface area contributed by atoms with Crippen LogP contribution in [0.1, 0.15) is 23.1 Å². The van der Waals surface area contributed by atoms with Crippen molar-refractivity contribution in [2.75, 3.05) is 11.5 Å². The largest absolute Gasteiger partial charge is 0.489 e. The van der Waals surface area contributed by atoms with Gasteiger partial charge in [-0.3, -0.25) is 0 Å². The Bertz CT molecular complexity index is 525. The summed E-state index contributed by atoms with van der Waals surface area (Å²) >= 11 is 0. The van der Waals surface area contributed by atoms with Crippen molar-refractivity contribution in [2.24, 2.45) is 0 Å². The predicted octanol–water partition coefficient (Wildman–Crippen LogP) is 1.36. The highest BCUT2D eigenvalue weighted by molar-refractivity contribution is 7.91. The quantitative estimate of drug-likeness (QED) is 0.901. The zero-order chi connectivity index (χ0) is 13.3.